The molecule has 1 fully saturated rings. The summed E-state index contributed by atoms with van der Waals surface area (Å²) in [4.78, 5) is 4.17. The van der Waals surface area contributed by atoms with Crippen molar-refractivity contribution in [2.75, 3.05) is 5.32 Å². The Morgan fingerprint density at radius 3 is 2.36 bits per heavy atom. The van der Waals surface area contributed by atoms with Crippen LogP contribution in [0.15, 0.2) is 47.2 Å². The summed E-state index contributed by atoms with van der Waals surface area (Å²) >= 11 is 6.26. The lowest BCUT2D eigenvalue weighted by atomic mass is 10.0. The summed E-state index contributed by atoms with van der Waals surface area (Å²) in [6.07, 6.45) is -0.282. The van der Waals surface area contributed by atoms with E-state index in [4.69, 9.17) is 16.0 Å². The molecule has 1 aliphatic carbocycles. The maximum absolute atomic E-state index is 13.3. The molecule has 2 aromatic carbocycles. The zero-order chi connectivity index (χ0) is 19.5. The van der Waals surface area contributed by atoms with Crippen LogP contribution >= 0.6 is 11.6 Å². The highest BCUT2D eigenvalue weighted by molar-refractivity contribution is 6.33. The van der Waals surface area contributed by atoms with Crippen LogP contribution in [0.2, 0.25) is 5.02 Å². The Balaban J connectivity index is 1.40. The number of fused-ring (bicyclic) bond motifs is 1. The molecule has 0 unspecified atom stereocenters. The number of halogens is 3. The maximum atomic E-state index is 13.3. The van der Waals surface area contributed by atoms with Crippen molar-refractivity contribution in [1.82, 2.24) is 4.98 Å². The van der Waals surface area contributed by atoms with Gasteiger partial charge in [0.1, 0.15) is 0 Å². The van der Waals surface area contributed by atoms with E-state index in [1.165, 1.54) is 18.5 Å². The molecule has 0 atom stereocenters. The number of aryl methyl sites for hydroxylation is 1. The standard InChI is InChI=1S/C20H15ClF2N2O3/c1-11-18(26-10-24-11)19(6-7-19)25-13-4-2-12(3-5-13)14-8-16-17(9-15(14)21)28-20(22,23)27-16/h2-5,8-10,25H,6-7H2,1H3. The van der Waals surface area contributed by atoms with E-state index in [1.807, 2.05) is 31.2 Å². The first-order chi connectivity index (χ1) is 13.4. The van der Waals surface area contributed by atoms with Crippen LogP contribution < -0.4 is 14.8 Å². The van der Waals surface area contributed by atoms with Crippen LogP contribution in [0.5, 0.6) is 11.5 Å². The zero-order valence-electron chi connectivity index (χ0n) is 14.8. The molecule has 1 N–H and O–H groups in total. The van der Waals surface area contributed by atoms with Crippen molar-refractivity contribution < 1.29 is 22.7 Å². The number of alkyl halides is 2. The SMILES string of the molecule is Cc1ncoc1C1(Nc2ccc(-c3cc4c(cc3Cl)OC(F)(F)O4)cc2)CC1. The molecule has 8 heteroatoms. The molecule has 1 aliphatic heterocycles. The predicted molar refractivity (Wildman–Crippen MR) is 98.9 cm³/mol. The quantitative estimate of drug-likeness (QED) is 0.602. The van der Waals surface area contributed by atoms with Gasteiger partial charge in [-0.1, -0.05) is 23.7 Å². The fourth-order valence-electron chi connectivity index (χ4n) is 3.50. The van der Waals surface area contributed by atoms with Crippen molar-refractivity contribution in [2.45, 2.75) is 31.6 Å². The van der Waals surface area contributed by atoms with Gasteiger partial charge >= 0.3 is 6.29 Å². The van der Waals surface area contributed by atoms with E-state index >= 15 is 0 Å². The summed E-state index contributed by atoms with van der Waals surface area (Å²) < 4.78 is 41.0. The first-order valence-electron chi connectivity index (χ1n) is 8.74. The molecule has 5 nitrogen and oxygen atoms in total. The van der Waals surface area contributed by atoms with Crippen molar-refractivity contribution in [1.29, 1.82) is 0 Å². The number of hydrogen-bond donors (Lipinski definition) is 1. The number of nitrogens with zero attached hydrogens (tertiary/aromatic N) is 1. The van der Waals surface area contributed by atoms with Gasteiger partial charge in [-0.15, -0.1) is 8.78 Å². The van der Waals surface area contributed by atoms with Gasteiger partial charge in [-0.2, -0.15) is 0 Å². The smallest absolute Gasteiger partial charge is 0.446 e. The lowest BCUT2D eigenvalue weighted by molar-refractivity contribution is -0.286. The number of oxazole rings is 1. The highest BCUT2D eigenvalue weighted by atomic mass is 35.5. The number of anilines is 1. The molecule has 1 aromatic heterocycles. The van der Waals surface area contributed by atoms with Gasteiger partial charge in [0.25, 0.3) is 0 Å². The van der Waals surface area contributed by atoms with Crippen LogP contribution in [0.3, 0.4) is 0 Å². The Hall–Kier alpha value is -2.80. The zero-order valence-corrected chi connectivity index (χ0v) is 15.5. The molecule has 0 amide bonds. The van der Waals surface area contributed by atoms with Crippen LogP contribution in [-0.2, 0) is 5.54 Å². The minimum atomic E-state index is -3.67. The second-order valence-electron chi connectivity index (χ2n) is 7.00. The van der Waals surface area contributed by atoms with Crippen LogP contribution in [0.25, 0.3) is 11.1 Å². The summed E-state index contributed by atoms with van der Waals surface area (Å²) in [5.74, 6) is 0.746. The second-order valence-corrected chi connectivity index (χ2v) is 7.40. The Kier molecular flexibility index (Phi) is 3.61. The third kappa shape index (κ3) is 2.86. The Morgan fingerprint density at radius 2 is 1.75 bits per heavy atom. The summed E-state index contributed by atoms with van der Waals surface area (Å²) in [6.45, 7) is 1.93. The van der Waals surface area contributed by atoms with Crippen molar-refractivity contribution in [3.8, 4) is 22.6 Å². The van der Waals surface area contributed by atoms with Gasteiger partial charge in [0.05, 0.1) is 16.3 Å². The summed E-state index contributed by atoms with van der Waals surface area (Å²) in [5, 5.41) is 3.81. The highest BCUT2D eigenvalue weighted by Crippen LogP contribution is 2.50. The largest absolute Gasteiger partial charge is 0.586 e. The average Bonchev–Trinajstić information content (AvgIpc) is 3.16. The highest BCUT2D eigenvalue weighted by Gasteiger charge is 2.48. The molecule has 2 heterocycles. The van der Waals surface area contributed by atoms with E-state index < -0.39 is 6.29 Å². The Bertz CT molecular complexity index is 1060. The van der Waals surface area contributed by atoms with Crippen molar-refractivity contribution >= 4 is 17.3 Å². The normalized spacial score (nSPS) is 18.1. The molecule has 144 valence electrons. The molecule has 0 radical (unpaired) electrons. The van der Waals surface area contributed by atoms with Crippen LogP contribution in [0.1, 0.15) is 24.3 Å². The number of hydrogen-bond acceptors (Lipinski definition) is 5. The van der Waals surface area contributed by atoms with E-state index in [9.17, 15) is 8.78 Å². The van der Waals surface area contributed by atoms with Gasteiger partial charge < -0.3 is 19.2 Å². The number of rotatable bonds is 4. The van der Waals surface area contributed by atoms with E-state index in [1.54, 1.807) is 0 Å². The van der Waals surface area contributed by atoms with Gasteiger partial charge in [-0.05, 0) is 43.5 Å². The molecule has 0 bridgehead atoms. The molecule has 0 spiro atoms. The van der Waals surface area contributed by atoms with Gasteiger partial charge in [-0.3, -0.25) is 0 Å². The number of aromatic nitrogens is 1. The summed E-state index contributed by atoms with van der Waals surface area (Å²) in [5.41, 5.74) is 2.94. The second kappa shape index (κ2) is 5.85. The maximum Gasteiger partial charge on any atom is 0.586 e. The van der Waals surface area contributed by atoms with Gasteiger partial charge in [-0.25, -0.2) is 4.98 Å². The molecule has 2 aliphatic rings. The van der Waals surface area contributed by atoms with Crippen molar-refractivity contribution in [2.24, 2.45) is 0 Å². The topological polar surface area (TPSA) is 56.5 Å². The van der Waals surface area contributed by atoms with E-state index in [-0.39, 0.29) is 17.0 Å². The number of nitrogens with one attached hydrogen (secondary N) is 1. The summed E-state index contributed by atoms with van der Waals surface area (Å²) in [6, 6.07) is 10.4. The first-order valence-corrected chi connectivity index (χ1v) is 9.12. The monoisotopic (exact) mass is 404 g/mol. The molecular formula is C20H15ClF2N2O3. The predicted octanol–water partition coefficient (Wildman–Crippen LogP) is 5.73. The Morgan fingerprint density at radius 1 is 1.07 bits per heavy atom. The van der Waals surface area contributed by atoms with Gasteiger partial charge in [0.2, 0.25) is 0 Å². The van der Waals surface area contributed by atoms with Crippen molar-refractivity contribution in [3.05, 3.63) is 59.3 Å². The minimum absolute atomic E-state index is 0.0377. The minimum Gasteiger partial charge on any atom is -0.446 e. The van der Waals surface area contributed by atoms with Crippen LogP contribution in [-0.4, -0.2) is 11.3 Å². The lowest BCUT2D eigenvalue weighted by Crippen LogP contribution is -2.25. The first kappa shape index (κ1) is 17.3. The fourth-order valence-corrected chi connectivity index (χ4v) is 3.76. The van der Waals surface area contributed by atoms with E-state index in [0.29, 0.717) is 10.6 Å². The van der Waals surface area contributed by atoms with Crippen LogP contribution in [0.4, 0.5) is 14.5 Å². The van der Waals surface area contributed by atoms with Crippen LogP contribution in [0, 0.1) is 6.92 Å². The van der Waals surface area contributed by atoms with E-state index in [0.717, 1.165) is 35.5 Å². The van der Waals surface area contributed by atoms with Gasteiger partial charge in [0, 0.05) is 17.3 Å². The van der Waals surface area contributed by atoms with E-state index in [2.05, 4.69) is 19.8 Å². The molecule has 0 saturated heterocycles. The number of benzene rings is 2. The molecule has 1 saturated carbocycles. The fraction of sp³-hybridized carbons (Fsp3) is 0.250. The third-order valence-corrected chi connectivity index (χ3v) is 5.31. The van der Waals surface area contributed by atoms with Crippen molar-refractivity contribution in [3.63, 3.8) is 0 Å². The average molecular weight is 405 g/mol. The van der Waals surface area contributed by atoms with Gasteiger partial charge in [0.15, 0.2) is 23.7 Å². The molecule has 28 heavy (non-hydrogen) atoms. The molecular weight excluding hydrogens is 390 g/mol. The third-order valence-electron chi connectivity index (χ3n) is 5.00. The number of ether oxygens (including phenoxy) is 2. The lowest BCUT2D eigenvalue weighted by Gasteiger charge is -2.17. The molecule has 5 rings (SSSR count). The molecule has 3 aromatic rings. The summed E-state index contributed by atoms with van der Waals surface area (Å²) in [7, 11) is 0. The Labute approximate surface area is 164 Å².